The number of hydrogen-bond acceptors (Lipinski definition) is 0. The highest BCUT2D eigenvalue weighted by Crippen LogP contribution is 2.53. The van der Waals surface area contributed by atoms with Gasteiger partial charge in [0.05, 0.1) is 5.38 Å². The van der Waals surface area contributed by atoms with Gasteiger partial charge in [0.1, 0.15) is 0 Å². The smallest absolute Gasteiger partial charge is 0.0641 e. The molecule has 1 heteroatoms. The van der Waals surface area contributed by atoms with Crippen LogP contribution >= 0.6 is 11.6 Å². The summed E-state index contributed by atoms with van der Waals surface area (Å²) in [5.74, 6) is 0. The van der Waals surface area contributed by atoms with E-state index in [1.165, 1.54) is 43.2 Å². The molecule has 0 radical (unpaired) electrons. The lowest BCUT2D eigenvalue weighted by molar-refractivity contribution is 0.271. The summed E-state index contributed by atoms with van der Waals surface area (Å²) < 4.78 is 0. The normalized spacial score (nSPS) is 20.9. The molecule has 0 nitrogen and oxygen atoms in total. The fraction of sp³-hybridized carbons (Fsp3) is 0.600. The third kappa shape index (κ3) is 2.13. The molecule has 0 aliphatic heterocycles. The Balaban J connectivity index is 2.23. The largest absolute Gasteiger partial charge is 0.117 e. The predicted octanol–water partition coefficient (Wildman–Crippen LogP) is 5.25. The van der Waals surface area contributed by atoms with Crippen LogP contribution in [0.5, 0.6) is 0 Å². The molecule has 1 unspecified atom stereocenters. The molecule has 1 aliphatic carbocycles. The summed E-state index contributed by atoms with van der Waals surface area (Å²) in [5, 5.41) is 0.195. The highest BCUT2D eigenvalue weighted by atomic mass is 35.5. The predicted molar refractivity (Wildman–Crippen MR) is 71.0 cm³/mol. The second-order valence-electron chi connectivity index (χ2n) is 5.20. The van der Waals surface area contributed by atoms with Crippen molar-refractivity contribution in [3.63, 3.8) is 0 Å². The lowest BCUT2D eigenvalue weighted by Crippen LogP contribution is -2.21. The lowest BCUT2D eigenvalue weighted by Gasteiger charge is -2.33. The van der Waals surface area contributed by atoms with E-state index in [9.17, 15) is 0 Å². The second kappa shape index (κ2) is 4.79. The zero-order chi connectivity index (χ0) is 11.6. The van der Waals surface area contributed by atoms with E-state index in [0.717, 1.165) is 0 Å². The van der Waals surface area contributed by atoms with Gasteiger partial charge in [0.15, 0.2) is 0 Å². The number of aryl methyl sites for hydroxylation is 1. The van der Waals surface area contributed by atoms with Crippen LogP contribution in [-0.2, 0) is 0 Å². The van der Waals surface area contributed by atoms with Crippen molar-refractivity contribution in [2.45, 2.75) is 51.3 Å². The summed E-state index contributed by atoms with van der Waals surface area (Å²) >= 11 is 6.72. The molecule has 0 bridgehead atoms. The molecule has 0 saturated heterocycles. The molecule has 0 spiro atoms. The van der Waals surface area contributed by atoms with Crippen LogP contribution in [0.2, 0.25) is 0 Å². The minimum absolute atomic E-state index is 0.195. The maximum atomic E-state index is 6.72. The van der Waals surface area contributed by atoms with Gasteiger partial charge < -0.3 is 0 Å². The molecule has 2 rings (SSSR count). The van der Waals surface area contributed by atoms with Gasteiger partial charge in [0.25, 0.3) is 0 Å². The maximum absolute atomic E-state index is 6.72. The molecule has 1 fully saturated rings. The fourth-order valence-corrected chi connectivity index (χ4v) is 3.47. The number of benzene rings is 1. The van der Waals surface area contributed by atoms with Crippen molar-refractivity contribution in [3.8, 4) is 0 Å². The molecule has 1 aromatic rings. The molecule has 0 heterocycles. The quantitative estimate of drug-likeness (QED) is 0.630. The Morgan fingerprint density at radius 1 is 1.19 bits per heavy atom. The monoisotopic (exact) mass is 236 g/mol. The van der Waals surface area contributed by atoms with E-state index in [4.69, 9.17) is 11.6 Å². The molecule has 88 valence electrons. The summed E-state index contributed by atoms with van der Waals surface area (Å²) in [6.45, 7) is 4.41. The zero-order valence-electron chi connectivity index (χ0n) is 10.3. The van der Waals surface area contributed by atoms with Crippen molar-refractivity contribution < 1.29 is 0 Å². The van der Waals surface area contributed by atoms with Gasteiger partial charge in [-0.25, -0.2) is 0 Å². The average Bonchev–Trinajstić information content (AvgIpc) is 2.79. The summed E-state index contributed by atoms with van der Waals surface area (Å²) in [6.07, 6.45) is 6.50. The number of rotatable bonds is 3. The second-order valence-corrected chi connectivity index (χ2v) is 5.63. The van der Waals surface area contributed by atoms with Crippen molar-refractivity contribution in [1.82, 2.24) is 0 Å². The van der Waals surface area contributed by atoms with Crippen LogP contribution in [0.3, 0.4) is 0 Å². The van der Waals surface area contributed by atoms with Crippen molar-refractivity contribution in [1.29, 1.82) is 0 Å². The standard InChI is InChI=1S/C15H21Cl/c1-3-15(10-4-5-11-15)14(16)13-8-6-12(2)7-9-13/h6-9,14H,3-5,10-11H2,1-2H3. The first kappa shape index (κ1) is 12.0. The van der Waals surface area contributed by atoms with Crippen LogP contribution in [0.1, 0.15) is 55.5 Å². The summed E-state index contributed by atoms with van der Waals surface area (Å²) in [5.41, 5.74) is 2.97. The van der Waals surface area contributed by atoms with Crippen molar-refractivity contribution in [2.75, 3.05) is 0 Å². The van der Waals surface area contributed by atoms with Gasteiger partial charge in [-0.3, -0.25) is 0 Å². The topological polar surface area (TPSA) is 0 Å². The molecule has 0 aromatic heterocycles. The number of hydrogen-bond donors (Lipinski definition) is 0. The van der Waals surface area contributed by atoms with Gasteiger partial charge in [-0.2, -0.15) is 0 Å². The van der Waals surface area contributed by atoms with Crippen LogP contribution in [-0.4, -0.2) is 0 Å². The van der Waals surface area contributed by atoms with Gasteiger partial charge in [-0.15, -0.1) is 11.6 Å². The first-order valence-corrected chi connectivity index (χ1v) is 6.82. The summed E-state index contributed by atoms with van der Waals surface area (Å²) in [7, 11) is 0. The van der Waals surface area contributed by atoms with Gasteiger partial charge in [0.2, 0.25) is 0 Å². The van der Waals surface area contributed by atoms with E-state index in [-0.39, 0.29) is 5.38 Å². The Morgan fingerprint density at radius 3 is 2.25 bits per heavy atom. The van der Waals surface area contributed by atoms with Crippen LogP contribution in [0.25, 0.3) is 0 Å². The molecule has 1 atom stereocenters. The maximum Gasteiger partial charge on any atom is 0.0641 e. The van der Waals surface area contributed by atoms with E-state index in [1.807, 2.05) is 0 Å². The number of alkyl halides is 1. The molecule has 0 amide bonds. The fourth-order valence-electron chi connectivity index (χ4n) is 2.95. The zero-order valence-corrected chi connectivity index (χ0v) is 11.1. The Morgan fingerprint density at radius 2 is 1.75 bits per heavy atom. The molecule has 1 saturated carbocycles. The average molecular weight is 237 g/mol. The van der Waals surface area contributed by atoms with Gasteiger partial charge >= 0.3 is 0 Å². The summed E-state index contributed by atoms with van der Waals surface area (Å²) in [4.78, 5) is 0. The van der Waals surface area contributed by atoms with Crippen LogP contribution in [0.15, 0.2) is 24.3 Å². The highest BCUT2D eigenvalue weighted by molar-refractivity contribution is 6.21. The third-order valence-electron chi connectivity index (χ3n) is 4.21. The molecule has 16 heavy (non-hydrogen) atoms. The van der Waals surface area contributed by atoms with E-state index >= 15 is 0 Å². The van der Waals surface area contributed by atoms with E-state index in [1.54, 1.807) is 0 Å². The van der Waals surface area contributed by atoms with Crippen molar-refractivity contribution >= 4 is 11.6 Å². The first-order chi connectivity index (χ1) is 7.68. The Labute approximate surface area is 104 Å². The lowest BCUT2D eigenvalue weighted by atomic mass is 9.77. The van der Waals surface area contributed by atoms with Crippen molar-refractivity contribution in [3.05, 3.63) is 35.4 Å². The van der Waals surface area contributed by atoms with E-state index < -0.39 is 0 Å². The molecular weight excluding hydrogens is 216 g/mol. The first-order valence-electron chi connectivity index (χ1n) is 6.38. The van der Waals surface area contributed by atoms with Gasteiger partial charge in [0, 0.05) is 0 Å². The molecule has 1 aromatic carbocycles. The van der Waals surface area contributed by atoms with Crippen LogP contribution in [0, 0.1) is 12.3 Å². The molecule has 1 aliphatic rings. The summed E-state index contributed by atoms with van der Waals surface area (Å²) in [6, 6.07) is 8.73. The molecule has 0 N–H and O–H groups in total. The van der Waals surface area contributed by atoms with E-state index in [0.29, 0.717) is 5.41 Å². The van der Waals surface area contributed by atoms with Crippen molar-refractivity contribution in [2.24, 2.45) is 5.41 Å². The van der Waals surface area contributed by atoms with Gasteiger partial charge in [-0.05, 0) is 37.2 Å². The number of halogens is 1. The SMILES string of the molecule is CCC1(C(Cl)c2ccc(C)cc2)CCCC1. The van der Waals surface area contributed by atoms with Crippen LogP contribution < -0.4 is 0 Å². The third-order valence-corrected chi connectivity index (χ3v) is 4.93. The van der Waals surface area contributed by atoms with Gasteiger partial charge in [-0.1, -0.05) is 49.6 Å². The Bertz CT molecular complexity index is 333. The highest BCUT2D eigenvalue weighted by Gasteiger charge is 2.39. The minimum atomic E-state index is 0.195. The Kier molecular flexibility index (Phi) is 3.59. The Hall–Kier alpha value is -0.490. The van der Waals surface area contributed by atoms with E-state index in [2.05, 4.69) is 38.1 Å². The van der Waals surface area contributed by atoms with Crippen LogP contribution in [0.4, 0.5) is 0 Å². The minimum Gasteiger partial charge on any atom is -0.117 e. The molecular formula is C15H21Cl.